The zero-order valence-electron chi connectivity index (χ0n) is 16.4. The summed E-state index contributed by atoms with van der Waals surface area (Å²) in [5, 5.41) is 3.02. The highest BCUT2D eigenvalue weighted by Crippen LogP contribution is 2.14. The van der Waals surface area contributed by atoms with Crippen LogP contribution in [-0.4, -0.2) is 49.9 Å². The molecule has 2 aromatic rings. The molecular formula is C23H30N2O3. The van der Waals surface area contributed by atoms with Crippen molar-refractivity contribution in [3.05, 3.63) is 71.8 Å². The number of benzene rings is 2. The Morgan fingerprint density at radius 2 is 1.57 bits per heavy atom. The maximum absolute atomic E-state index is 12.3. The summed E-state index contributed by atoms with van der Waals surface area (Å²) in [6.45, 7) is 3.96. The third-order valence-corrected chi connectivity index (χ3v) is 4.95. The van der Waals surface area contributed by atoms with Gasteiger partial charge in [-0.3, -0.25) is 0 Å². The van der Waals surface area contributed by atoms with E-state index in [4.69, 9.17) is 9.47 Å². The van der Waals surface area contributed by atoms with E-state index in [1.165, 1.54) is 11.1 Å². The Bertz CT molecular complexity index is 686. The summed E-state index contributed by atoms with van der Waals surface area (Å²) in [6.07, 6.45) is 2.83. The molecule has 1 heterocycles. The molecular weight excluding hydrogens is 352 g/mol. The Morgan fingerprint density at radius 1 is 0.929 bits per heavy atom. The number of nitrogens with one attached hydrogen (secondary N) is 1. The molecule has 0 aliphatic carbocycles. The predicted octanol–water partition coefficient (Wildman–Crippen LogP) is 3.64. The third kappa shape index (κ3) is 6.98. The highest BCUT2D eigenvalue weighted by atomic mass is 16.5. The van der Waals surface area contributed by atoms with Gasteiger partial charge in [0.1, 0.15) is 0 Å². The van der Waals surface area contributed by atoms with E-state index < -0.39 is 0 Å². The molecule has 3 rings (SSSR count). The van der Waals surface area contributed by atoms with Crippen LogP contribution in [0.3, 0.4) is 0 Å². The van der Waals surface area contributed by atoms with Gasteiger partial charge in [-0.25, -0.2) is 4.79 Å². The molecule has 5 nitrogen and oxygen atoms in total. The quantitative estimate of drug-likeness (QED) is 0.674. The van der Waals surface area contributed by atoms with Crippen molar-refractivity contribution in [2.24, 2.45) is 0 Å². The maximum atomic E-state index is 12.3. The first-order valence-corrected chi connectivity index (χ1v) is 10.1. The fourth-order valence-corrected chi connectivity index (χ4v) is 3.33. The Hall–Kier alpha value is -2.37. The molecule has 28 heavy (non-hydrogen) atoms. The first-order valence-electron chi connectivity index (χ1n) is 10.1. The average Bonchev–Trinajstić information content (AvgIpc) is 2.75. The average molecular weight is 383 g/mol. The minimum atomic E-state index is 0.0283. The molecule has 0 aromatic heterocycles. The lowest BCUT2D eigenvalue weighted by molar-refractivity contribution is -0.0208. The number of nitrogens with zero attached hydrogens (tertiary/aromatic N) is 1. The number of hydrogen-bond donors (Lipinski definition) is 1. The van der Waals surface area contributed by atoms with Gasteiger partial charge in [0.15, 0.2) is 0 Å². The van der Waals surface area contributed by atoms with Gasteiger partial charge in [-0.2, -0.15) is 0 Å². The van der Waals surface area contributed by atoms with Gasteiger partial charge in [-0.15, -0.1) is 0 Å². The van der Waals surface area contributed by atoms with Gasteiger partial charge in [-0.1, -0.05) is 60.7 Å². The number of ether oxygens (including phenoxy) is 2. The van der Waals surface area contributed by atoms with Crippen molar-refractivity contribution in [1.29, 1.82) is 0 Å². The maximum Gasteiger partial charge on any atom is 0.317 e. The number of rotatable bonds is 9. The van der Waals surface area contributed by atoms with Crippen LogP contribution in [0.4, 0.5) is 4.79 Å². The molecule has 1 fully saturated rings. The van der Waals surface area contributed by atoms with Gasteiger partial charge < -0.3 is 19.7 Å². The number of urea groups is 1. The van der Waals surface area contributed by atoms with Crippen molar-refractivity contribution < 1.29 is 14.3 Å². The highest BCUT2D eigenvalue weighted by Gasteiger charge is 2.22. The van der Waals surface area contributed by atoms with Gasteiger partial charge in [0.25, 0.3) is 0 Å². The van der Waals surface area contributed by atoms with Crippen molar-refractivity contribution in [2.45, 2.75) is 32.0 Å². The number of carbonyl (C=O) groups is 1. The first kappa shape index (κ1) is 20.4. The van der Waals surface area contributed by atoms with E-state index in [-0.39, 0.29) is 12.1 Å². The molecule has 1 saturated heterocycles. The summed E-state index contributed by atoms with van der Waals surface area (Å²) in [5.41, 5.74) is 2.42. The lowest BCUT2D eigenvalue weighted by atomic mass is 10.1. The fourth-order valence-electron chi connectivity index (χ4n) is 3.33. The van der Waals surface area contributed by atoms with Crippen molar-refractivity contribution in [3.8, 4) is 0 Å². The van der Waals surface area contributed by atoms with Crippen LogP contribution in [0, 0.1) is 0 Å². The van der Waals surface area contributed by atoms with Crippen molar-refractivity contribution in [1.82, 2.24) is 10.2 Å². The molecule has 1 aliphatic rings. The Labute approximate surface area is 167 Å². The van der Waals surface area contributed by atoms with Gasteiger partial charge in [0, 0.05) is 19.6 Å². The Morgan fingerprint density at radius 3 is 2.25 bits per heavy atom. The summed E-state index contributed by atoms with van der Waals surface area (Å²) in [7, 11) is 0. The minimum Gasteiger partial charge on any atom is -0.376 e. The Kier molecular flexibility index (Phi) is 8.34. The summed E-state index contributed by atoms with van der Waals surface area (Å²) < 4.78 is 11.6. The smallest absolute Gasteiger partial charge is 0.317 e. The molecule has 5 heteroatoms. The molecule has 0 unspecified atom stereocenters. The highest BCUT2D eigenvalue weighted by molar-refractivity contribution is 5.74. The molecule has 2 aromatic carbocycles. The molecule has 0 spiro atoms. The molecule has 1 N–H and O–H groups in total. The van der Waals surface area contributed by atoms with Crippen LogP contribution in [0.15, 0.2) is 60.7 Å². The number of piperidine rings is 1. The first-order chi connectivity index (χ1) is 13.8. The molecule has 150 valence electrons. The van der Waals surface area contributed by atoms with Crippen molar-refractivity contribution in [2.75, 3.05) is 32.8 Å². The molecule has 2 amide bonds. The van der Waals surface area contributed by atoms with Crippen LogP contribution in [-0.2, 0) is 22.5 Å². The zero-order chi connectivity index (χ0) is 19.4. The molecule has 1 aliphatic heterocycles. The molecule has 0 radical (unpaired) electrons. The predicted molar refractivity (Wildman–Crippen MR) is 110 cm³/mol. The summed E-state index contributed by atoms with van der Waals surface area (Å²) >= 11 is 0. The standard InChI is InChI=1S/C23H30N2O3/c26-23(24-14-11-20-7-3-1-4-8-20)25-15-12-22(13-16-25)28-18-17-27-19-21-9-5-2-6-10-21/h1-10,22H,11-19H2,(H,24,26). The molecule has 0 bridgehead atoms. The second kappa shape index (κ2) is 11.5. The second-order valence-electron chi connectivity index (χ2n) is 7.06. The number of likely N-dealkylation sites (tertiary alicyclic amines) is 1. The third-order valence-electron chi connectivity index (χ3n) is 4.95. The minimum absolute atomic E-state index is 0.0283. The van der Waals surface area contributed by atoms with Crippen LogP contribution in [0.5, 0.6) is 0 Å². The van der Waals surface area contributed by atoms with Gasteiger partial charge in [0.2, 0.25) is 0 Å². The fraction of sp³-hybridized carbons (Fsp3) is 0.435. The summed E-state index contributed by atoms with van der Waals surface area (Å²) in [6, 6.07) is 20.4. The summed E-state index contributed by atoms with van der Waals surface area (Å²) in [5.74, 6) is 0. The van der Waals surface area contributed by atoms with Crippen molar-refractivity contribution in [3.63, 3.8) is 0 Å². The number of carbonyl (C=O) groups excluding carboxylic acids is 1. The number of amides is 2. The number of hydrogen-bond acceptors (Lipinski definition) is 3. The SMILES string of the molecule is O=C(NCCc1ccccc1)N1CCC(OCCOCc2ccccc2)CC1. The van der Waals surface area contributed by atoms with Crippen molar-refractivity contribution >= 4 is 6.03 Å². The van der Waals surface area contributed by atoms with Gasteiger partial charge >= 0.3 is 6.03 Å². The molecule has 0 atom stereocenters. The lowest BCUT2D eigenvalue weighted by Gasteiger charge is -2.32. The van der Waals surface area contributed by atoms with Crippen LogP contribution in [0.2, 0.25) is 0 Å². The van der Waals surface area contributed by atoms with Crippen LogP contribution in [0.1, 0.15) is 24.0 Å². The largest absolute Gasteiger partial charge is 0.376 e. The van der Waals surface area contributed by atoms with E-state index in [1.807, 2.05) is 41.3 Å². The van der Waals surface area contributed by atoms with Crippen LogP contribution in [0.25, 0.3) is 0 Å². The monoisotopic (exact) mass is 382 g/mol. The Balaban J connectivity index is 1.23. The van der Waals surface area contributed by atoms with E-state index in [0.717, 1.165) is 32.4 Å². The van der Waals surface area contributed by atoms with E-state index in [1.54, 1.807) is 0 Å². The van der Waals surface area contributed by atoms with Crippen LogP contribution >= 0.6 is 0 Å². The topological polar surface area (TPSA) is 50.8 Å². The van der Waals surface area contributed by atoms with Gasteiger partial charge in [-0.05, 0) is 30.4 Å². The van der Waals surface area contributed by atoms with E-state index in [0.29, 0.717) is 26.4 Å². The summed E-state index contributed by atoms with van der Waals surface area (Å²) in [4.78, 5) is 14.2. The van der Waals surface area contributed by atoms with E-state index in [2.05, 4.69) is 29.6 Å². The van der Waals surface area contributed by atoms with Gasteiger partial charge in [0.05, 0.1) is 25.9 Å². The lowest BCUT2D eigenvalue weighted by Crippen LogP contribution is -2.46. The van der Waals surface area contributed by atoms with Crippen LogP contribution < -0.4 is 5.32 Å². The zero-order valence-corrected chi connectivity index (χ0v) is 16.4. The second-order valence-corrected chi connectivity index (χ2v) is 7.06. The molecule has 0 saturated carbocycles. The normalized spacial score (nSPS) is 14.8. The van der Waals surface area contributed by atoms with E-state index >= 15 is 0 Å². The van der Waals surface area contributed by atoms with E-state index in [9.17, 15) is 4.79 Å².